The highest BCUT2D eigenvalue weighted by Crippen LogP contribution is 2.22. The molecule has 2 rings (SSSR count). The number of amides is 2. The van der Waals surface area contributed by atoms with Crippen molar-refractivity contribution in [3.63, 3.8) is 0 Å². The molecule has 1 aliphatic heterocycles. The number of hydrogen-bond donors (Lipinski definition) is 2. The molecule has 0 bridgehead atoms. The van der Waals surface area contributed by atoms with Crippen molar-refractivity contribution in [2.45, 2.75) is 6.04 Å². The Morgan fingerprint density at radius 1 is 1.56 bits per heavy atom. The molecule has 2 amide bonds. The van der Waals surface area contributed by atoms with E-state index in [1.807, 2.05) is 0 Å². The van der Waals surface area contributed by atoms with Gasteiger partial charge in [0.15, 0.2) is 0 Å². The van der Waals surface area contributed by atoms with Gasteiger partial charge in [-0.3, -0.25) is 5.32 Å². The summed E-state index contributed by atoms with van der Waals surface area (Å²) < 4.78 is 3.48. The summed E-state index contributed by atoms with van der Waals surface area (Å²) in [6.07, 6.45) is 0. The van der Waals surface area contributed by atoms with Gasteiger partial charge in [-0.1, -0.05) is 9.59 Å². The Bertz CT molecular complexity index is 397. The highest BCUT2D eigenvalue weighted by Gasteiger charge is 2.34. The number of nitrogens with zero attached hydrogens (tertiary/aromatic N) is 4. The molecule has 0 aliphatic carbocycles. The third-order valence-corrected chi connectivity index (χ3v) is 3.46. The van der Waals surface area contributed by atoms with Crippen LogP contribution in [0.3, 0.4) is 0 Å². The van der Waals surface area contributed by atoms with Crippen molar-refractivity contribution in [2.24, 2.45) is 0 Å². The summed E-state index contributed by atoms with van der Waals surface area (Å²) in [4.78, 5) is 23.8. The average molecular weight is 261 g/mol. The summed E-state index contributed by atoms with van der Waals surface area (Å²) in [5, 5.41) is 18.4. The lowest BCUT2D eigenvalue weighted by atomic mass is 10.3. The second-order valence-electron chi connectivity index (χ2n) is 2.92. The van der Waals surface area contributed by atoms with Crippen LogP contribution in [0.1, 0.15) is 0 Å². The highest BCUT2D eigenvalue weighted by atomic mass is 32.2. The van der Waals surface area contributed by atoms with Crippen LogP contribution in [0.5, 0.6) is 0 Å². The molecule has 86 valence electrons. The second kappa shape index (κ2) is 4.61. The summed E-state index contributed by atoms with van der Waals surface area (Å²) >= 11 is 2.33. The van der Waals surface area contributed by atoms with Crippen molar-refractivity contribution < 1.29 is 14.7 Å². The third-order valence-electron chi connectivity index (χ3n) is 1.94. The molecule has 10 heteroatoms. The highest BCUT2D eigenvalue weighted by molar-refractivity contribution is 7.99. The predicted octanol–water partition coefficient (Wildman–Crippen LogP) is -0.0755. The Balaban J connectivity index is 2.01. The van der Waals surface area contributed by atoms with Crippen LogP contribution >= 0.6 is 23.3 Å². The SMILES string of the molecule is O=C(O)[C@@H]1CSCN1C(=O)Nc1nnns1. The fourth-order valence-corrected chi connectivity index (χ4v) is 2.69. The number of carbonyl (C=O) groups is 2. The van der Waals surface area contributed by atoms with E-state index in [1.54, 1.807) is 0 Å². The van der Waals surface area contributed by atoms with Crippen molar-refractivity contribution in [1.29, 1.82) is 0 Å². The fraction of sp³-hybridized carbons (Fsp3) is 0.500. The number of rotatable bonds is 2. The molecule has 2 N–H and O–H groups in total. The molecular formula is C6H7N5O3S2. The molecule has 1 aliphatic rings. The van der Waals surface area contributed by atoms with Gasteiger partial charge in [-0.15, -0.1) is 11.8 Å². The van der Waals surface area contributed by atoms with Crippen molar-refractivity contribution >= 4 is 40.4 Å². The van der Waals surface area contributed by atoms with E-state index in [0.717, 1.165) is 11.5 Å². The molecule has 1 aromatic heterocycles. The van der Waals surface area contributed by atoms with E-state index in [2.05, 4.69) is 20.1 Å². The van der Waals surface area contributed by atoms with Gasteiger partial charge in [0, 0.05) is 17.3 Å². The number of carbonyl (C=O) groups excluding carboxylic acids is 1. The van der Waals surface area contributed by atoms with Crippen LogP contribution in [0.2, 0.25) is 0 Å². The van der Waals surface area contributed by atoms with Crippen molar-refractivity contribution in [2.75, 3.05) is 16.9 Å². The summed E-state index contributed by atoms with van der Waals surface area (Å²) in [7, 11) is 0. The molecule has 0 spiro atoms. The first kappa shape index (κ1) is 11.1. The molecule has 1 aromatic rings. The molecule has 16 heavy (non-hydrogen) atoms. The van der Waals surface area contributed by atoms with E-state index in [9.17, 15) is 9.59 Å². The first-order valence-electron chi connectivity index (χ1n) is 4.21. The summed E-state index contributed by atoms with van der Waals surface area (Å²) in [5.74, 6) is -0.248. The first-order valence-corrected chi connectivity index (χ1v) is 6.14. The quantitative estimate of drug-likeness (QED) is 0.766. The Morgan fingerprint density at radius 3 is 3.00 bits per heavy atom. The number of aromatic nitrogens is 3. The van der Waals surface area contributed by atoms with Crippen molar-refractivity contribution in [1.82, 2.24) is 19.7 Å². The van der Waals surface area contributed by atoms with E-state index in [-0.39, 0.29) is 5.13 Å². The lowest BCUT2D eigenvalue weighted by Crippen LogP contribution is -2.43. The van der Waals surface area contributed by atoms with Gasteiger partial charge in [0.25, 0.3) is 0 Å². The molecule has 8 nitrogen and oxygen atoms in total. The number of carboxylic acids is 1. The third kappa shape index (κ3) is 2.22. The Labute approximate surface area is 98.2 Å². The molecular weight excluding hydrogens is 254 g/mol. The van der Waals surface area contributed by atoms with Crippen LogP contribution in [-0.4, -0.2) is 54.5 Å². The number of urea groups is 1. The van der Waals surface area contributed by atoms with E-state index in [4.69, 9.17) is 5.11 Å². The maximum atomic E-state index is 11.7. The summed E-state index contributed by atoms with van der Waals surface area (Å²) in [6, 6.07) is -1.28. The Hall–Kier alpha value is -1.42. The minimum Gasteiger partial charge on any atom is -0.480 e. The van der Waals surface area contributed by atoms with Gasteiger partial charge < -0.3 is 10.0 Å². The molecule has 2 heterocycles. The van der Waals surface area contributed by atoms with Crippen LogP contribution in [0.25, 0.3) is 0 Å². The van der Waals surface area contributed by atoms with E-state index in [1.165, 1.54) is 16.7 Å². The Kier molecular flexibility index (Phi) is 3.19. The zero-order valence-electron chi connectivity index (χ0n) is 7.86. The smallest absolute Gasteiger partial charge is 0.327 e. The molecule has 1 atom stereocenters. The van der Waals surface area contributed by atoms with E-state index in [0.29, 0.717) is 11.6 Å². The second-order valence-corrected chi connectivity index (χ2v) is 4.65. The van der Waals surface area contributed by atoms with Gasteiger partial charge in [0.1, 0.15) is 6.04 Å². The van der Waals surface area contributed by atoms with Gasteiger partial charge >= 0.3 is 12.0 Å². The molecule has 1 fully saturated rings. The maximum absolute atomic E-state index is 11.7. The topological polar surface area (TPSA) is 108 Å². The normalized spacial score (nSPS) is 19.8. The minimum absolute atomic E-state index is 0.256. The minimum atomic E-state index is -1.00. The van der Waals surface area contributed by atoms with E-state index < -0.39 is 18.0 Å². The fourth-order valence-electron chi connectivity index (χ4n) is 1.19. The number of anilines is 1. The van der Waals surface area contributed by atoms with Gasteiger partial charge in [0.2, 0.25) is 5.13 Å². The predicted molar refractivity (Wildman–Crippen MR) is 57.3 cm³/mol. The molecule has 0 unspecified atom stereocenters. The molecule has 0 aromatic carbocycles. The molecule has 1 saturated heterocycles. The zero-order chi connectivity index (χ0) is 11.5. The van der Waals surface area contributed by atoms with Crippen LogP contribution in [-0.2, 0) is 4.79 Å². The van der Waals surface area contributed by atoms with Gasteiger partial charge in [-0.2, -0.15) is 0 Å². The standard InChI is InChI=1S/C6H7N5O3S2/c12-4(13)3-1-15-2-11(3)6(14)7-5-8-9-10-16-5/h3H,1-2H2,(H,12,13)(H,7,8,10,14)/t3-/m0/s1. The molecule has 0 saturated carbocycles. The average Bonchev–Trinajstić information content (AvgIpc) is 2.86. The number of thioether (sulfide) groups is 1. The largest absolute Gasteiger partial charge is 0.480 e. The maximum Gasteiger partial charge on any atom is 0.327 e. The number of nitrogens with one attached hydrogen (secondary N) is 1. The van der Waals surface area contributed by atoms with Crippen molar-refractivity contribution in [3.8, 4) is 0 Å². The van der Waals surface area contributed by atoms with Crippen LogP contribution in [0.4, 0.5) is 9.93 Å². The van der Waals surface area contributed by atoms with Crippen LogP contribution < -0.4 is 5.32 Å². The first-order chi connectivity index (χ1) is 7.68. The molecule has 0 radical (unpaired) electrons. The zero-order valence-corrected chi connectivity index (χ0v) is 9.49. The summed E-state index contributed by atoms with van der Waals surface area (Å²) in [5.41, 5.74) is 0. The number of hydrogen-bond acceptors (Lipinski definition) is 7. The van der Waals surface area contributed by atoms with Crippen LogP contribution in [0.15, 0.2) is 0 Å². The lowest BCUT2D eigenvalue weighted by Gasteiger charge is -2.19. The summed E-state index contributed by atoms with van der Waals surface area (Å²) in [6.45, 7) is 0. The van der Waals surface area contributed by atoms with Crippen LogP contribution in [0, 0.1) is 0 Å². The van der Waals surface area contributed by atoms with Gasteiger partial charge in [-0.05, 0) is 5.21 Å². The van der Waals surface area contributed by atoms with Crippen molar-refractivity contribution in [3.05, 3.63) is 0 Å². The van der Waals surface area contributed by atoms with Gasteiger partial charge in [0.05, 0.1) is 5.88 Å². The lowest BCUT2D eigenvalue weighted by molar-refractivity contribution is -0.140. The van der Waals surface area contributed by atoms with Gasteiger partial charge in [-0.25, -0.2) is 9.59 Å². The van der Waals surface area contributed by atoms with E-state index >= 15 is 0 Å². The number of carboxylic acid groups (broad SMARTS) is 1. The Morgan fingerprint density at radius 2 is 2.38 bits per heavy atom. The number of aliphatic carboxylic acids is 1. The monoisotopic (exact) mass is 261 g/mol.